The SMILES string of the molecule is c1ccc(-c2cccc(-n3c4ccccc4c4cccc(-n5c6ccccc6c6c(-c7nc(-c8ccc9c(c8)sc8ccccc89)nc(-c8cccc9sc%10cccc(-c%11ccccc%11)c%10c89)n7)cccc65)c43)c2)cc1. The molecule has 5 heterocycles. The lowest BCUT2D eigenvalue weighted by molar-refractivity contribution is 1.08. The molecule has 354 valence electrons. The van der Waals surface area contributed by atoms with Crippen molar-refractivity contribution in [2.45, 2.75) is 0 Å². The summed E-state index contributed by atoms with van der Waals surface area (Å²) >= 11 is 3.62. The highest BCUT2D eigenvalue weighted by molar-refractivity contribution is 7.26. The molecular formula is C69H41N5S2. The highest BCUT2D eigenvalue weighted by atomic mass is 32.1. The average molecular weight is 1000 g/mol. The van der Waals surface area contributed by atoms with Gasteiger partial charge >= 0.3 is 0 Å². The first-order valence-electron chi connectivity index (χ1n) is 25.6. The van der Waals surface area contributed by atoms with Crippen LogP contribution in [0, 0.1) is 0 Å². The third-order valence-electron chi connectivity index (χ3n) is 15.2. The van der Waals surface area contributed by atoms with Gasteiger partial charge in [0.1, 0.15) is 0 Å². The number of para-hydroxylation sites is 3. The highest BCUT2D eigenvalue weighted by Gasteiger charge is 2.25. The topological polar surface area (TPSA) is 48.5 Å². The molecule has 11 aromatic carbocycles. The van der Waals surface area contributed by atoms with Crippen LogP contribution in [0.25, 0.3) is 152 Å². The van der Waals surface area contributed by atoms with Gasteiger partial charge in [-0.05, 0) is 82.9 Å². The summed E-state index contributed by atoms with van der Waals surface area (Å²) in [5.74, 6) is 1.89. The maximum absolute atomic E-state index is 5.61. The van der Waals surface area contributed by atoms with E-state index in [1.54, 1.807) is 11.3 Å². The van der Waals surface area contributed by atoms with Crippen molar-refractivity contribution in [2.75, 3.05) is 0 Å². The second kappa shape index (κ2) is 17.0. The third kappa shape index (κ3) is 6.59. The van der Waals surface area contributed by atoms with E-state index in [1.807, 2.05) is 11.3 Å². The Morgan fingerprint density at radius 3 is 1.59 bits per heavy atom. The monoisotopic (exact) mass is 1000 g/mol. The van der Waals surface area contributed by atoms with Crippen molar-refractivity contribution < 1.29 is 0 Å². The molecule has 16 aromatic rings. The van der Waals surface area contributed by atoms with Crippen molar-refractivity contribution >= 4 is 107 Å². The maximum atomic E-state index is 5.61. The highest BCUT2D eigenvalue weighted by Crippen LogP contribution is 2.46. The Hall–Kier alpha value is -9.53. The minimum atomic E-state index is 0.620. The van der Waals surface area contributed by atoms with E-state index >= 15 is 0 Å². The predicted octanol–water partition coefficient (Wildman–Crippen LogP) is 19.1. The minimum absolute atomic E-state index is 0.620. The van der Waals surface area contributed by atoms with Crippen LogP contribution in [0.1, 0.15) is 0 Å². The van der Waals surface area contributed by atoms with Crippen molar-refractivity contribution in [1.29, 1.82) is 0 Å². The molecule has 0 spiro atoms. The van der Waals surface area contributed by atoms with Gasteiger partial charge in [0.25, 0.3) is 0 Å². The van der Waals surface area contributed by atoms with Gasteiger partial charge in [-0.25, -0.2) is 15.0 Å². The van der Waals surface area contributed by atoms with Gasteiger partial charge in [-0.2, -0.15) is 0 Å². The van der Waals surface area contributed by atoms with Crippen LogP contribution in [0.2, 0.25) is 0 Å². The van der Waals surface area contributed by atoms with Crippen molar-refractivity contribution in [2.24, 2.45) is 0 Å². The third-order valence-corrected chi connectivity index (χ3v) is 17.4. The number of fused-ring (bicyclic) bond motifs is 12. The van der Waals surface area contributed by atoms with E-state index in [1.165, 1.54) is 68.0 Å². The summed E-state index contributed by atoms with van der Waals surface area (Å²) in [4.78, 5) is 16.6. The molecule has 5 nitrogen and oxygen atoms in total. The molecule has 16 rings (SSSR count). The predicted molar refractivity (Wildman–Crippen MR) is 321 cm³/mol. The summed E-state index contributed by atoms with van der Waals surface area (Å²) in [5, 5.41) is 9.45. The van der Waals surface area contributed by atoms with Crippen LogP contribution < -0.4 is 0 Å². The molecule has 0 aliphatic heterocycles. The number of thiophene rings is 2. The lowest BCUT2D eigenvalue weighted by atomic mass is 9.97. The molecule has 0 aliphatic carbocycles. The van der Waals surface area contributed by atoms with Crippen LogP contribution in [0.5, 0.6) is 0 Å². The zero-order chi connectivity index (χ0) is 49.8. The molecule has 0 unspecified atom stereocenters. The first kappa shape index (κ1) is 42.9. The number of aromatic nitrogens is 5. The normalized spacial score (nSPS) is 11.9. The van der Waals surface area contributed by atoms with E-state index in [0.29, 0.717) is 17.5 Å². The fraction of sp³-hybridized carbons (Fsp3) is 0. The van der Waals surface area contributed by atoms with Crippen molar-refractivity contribution in [3.05, 3.63) is 249 Å². The second-order valence-electron chi connectivity index (χ2n) is 19.4. The van der Waals surface area contributed by atoms with E-state index in [-0.39, 0.29) is 0 Å². The largest absolute Gasteiger partial charge is 0.307 e. The van der Waals surface area contributed by atoms with Gasteiger partial charge in [0, 0.05) is 84.3 Å². The van der Waals surface area contributed by atoms with Gasteiger partial charge < -0.3 is 9.13 Å². The first-order chi connectivity index (χ1) is 37.7. The second-order valence-corrected chi connectivity index (χ2v) is 21.6. The molecule has 5 aromatic heterocycles. The summed E-state index contributed by atoms with van der Waals surface area (Å²) in [6.45, 7) is 0. The summed E-state index contributed by atoms with van der Waals surface area (Å²) in [5.41, 5.74) is 14.2. The zero-order valence-corrected chi connectivity index (χ0v) is 42.4. The van der Waals surface area contributed by atoms with Crippen LogP contribution >= 0.6 is 22.7 Å². The Morgan fingerprint density at radius 1 is 0.276 bits per heavy atom. The Morgan fingerprint density at radius 2 is 0.803 bits per heavy atom. The quantitative estimate of drug-likeness (QED) is 0.160. The Balaban J connectivity index is 0.963. The molecule has 0 bridgehead atoms. The van der Waals surface area contributed by atoms with Crippen LogP contribution in [0.15, 0.2) is 249 Å². The van der Waals surface area contributed by atoms with E-state index in [2.05, 4.69) is 258 Å². The molecule has 0 N–H and O–H groups in total. The van der Waals surface area contributed by atoms with E-state index in [4.69, 9.17) is 15.0 Å². The molecule has 0 atom stereocenters. The van der Waals surface area contributed by atoms with E-state index < -0.39 is 0 Å². The number of rotatable bonds is 7. The summed E-state index contributed by atoms with van der Waals surface area (Å²) in [6, 6.07) is 89.7. The van der Waals surface area contributed by atoms with Gasteiger partial charge in [0.05, 0.1) is 27.8 Å². The van der Waals surface area contributed by atoms with Gasteiger partial charge in [0.15, 0.2) is 17.5 Å². The van der Waals surface area contributed by atoms with Crippen LogP contribution in [-0.4, -0.2) is 24.1 Å². The minimum Gasteiger partial charge on any atom is -0.307 e. The number of hydrogen-bond acceptors (Lipinski definition) is 5. The number of hydrogen-bond donors (Lipinski definition) is 0. The zero-order valence-electron chi connectivity index (χ0n) is 40.7. The molecule has 0 fully saturated rings. The van der Waals surface area contributed by atoms with Crippen LogP contribution in [-0.2, 0) is 0 Å². The molecule has 0 saturated heterocycles. The van der Waals surface area contributed by atoms with E-state index in [9.17, 15) is 0 Å². The van der Waals surface area contributed by atoms with Gasteiger partial charge in [-0.1, -0.05) is 188 Å². The smallest absolute Gasteiger partial charge is 0.164 e. The van der Waals surface area contributed by atoms with Gasteiger partial charge in [-0.3, -0.25) is 0 Å². The number of benzene rings is 11. The molecule has 0 aliphatic rings. The number of nitrogens with zero attached hydrogens (tertiary/aromatic N) is 5. The lowest BCUT2D eigenvalue weighted by Gasteiger charge is -2.15. The van der Waals surface area contributed by atoms with Crippen LogP contribution in [0.3, 0.4) is 0 Å². The molecule has 0 radical (unpaired) electrons. The molecule has 0 amide bonds. The average Bonchev–Trinajstić information content (AvgIpc) is 4.29. The fourth-order valence-electron chi connectivity index (χ4n) is 11.9. The Labute approximate surface area is 444 Å². The Kier molecular flexibility index (Phi) is 9.61. The molecule has 76 heavy (non-hydrogen) atoms. The van der Waals surface area contributed by atoms with Gasteiger partial charge in [-0.15, -0.1) is 22.7 Å². The summed E-state index contributed by atoms with van der Waals surface area (Å²) in [7, 11) is 0. The molecule has 0 saturated carbocycles. The van der Waals surface area contributed by atoms with E-state index in [0.717, 1.165) is 66.3 Å². The molecular weight excluding hydrogens is 963 g/mol. The standard InChI is InChI=1S/C69H41N5S2/c1-3-18-42(19-4-1)44-22-13-23-46(40-44)73-55-31-10-7-24-48(55)51-28-14-34-58(66(51)73)74-56-32-11-8-26-52(56)63-53(29-15-33-57(63)74)68-70-67(45-38-39-50-49-25-9-12-35-59(49)75-62(50)41-45)71-69(72-68)54-30-17-37-61-65(54)64-47(27-16-36-60(64)76-61)43-20-5-2-6-21-43/h1-41H. The van der Waals surface area contributed by atoms with Gasteiger partial charge in [0.2, 0.25) is 0 Å². The van der Waals surface area contributed by atoms with Crippen molar-refractivity contribution in [3.63, 3.8) is 0 Å². The van der Waals surface area contributed by atoms with Crippen molar-refractivity contribution in [3.8, 4) is 67.8 Å². The maximum Gasteiger partial charge on any atom is 0.164 e. The summed E-state index contributed by atoms with van der Waals surface area (Å²) < 4.78 is 9.78. The van der Waals surface area contributed by atoms with Crippen LogP contribution in [0.4, 0.5) is 0 Å². The Bertz CT molecular complexity index is 5000. The fourth-order valence-corrected chi connectivity index (χ4v) is 14.2. The molecule has 7 heteroatoms. The van der Waals surface area contributed by atoms with Crippen molar-refractivity contribution in [1.82, 2.24) is 24.1 Å². The summed E-state index contributed by atoms with van der Waals surface area (Å²) in [6.07, 6.45) is 0. The lowest BCUT2D eigenvalue weighted by Crippen LogP contribution is -2.02. The first-order valence-corrected chi connectivity index (χ1v) is 27.2.